The van der Waals surface area contributed by atoms with Gasteiger partial charge in [-0.15, -0.1) is 0 Å². The fraction of sp³-hybridized carbons (Fsp3) is 0.812. The summed E-state index contributed by atoms with van der Waals surface area (Å²) in [4.78, 5) is 26.5. The third-order valence-electron chi connectivity index (χ3n) is 2.89. The Morgan fingerprint density at radius 2 is 1.58 bits per heavy atom. The van der Waals surface area contributed by atoms with E-state index < -0.39 is 11.7 Å². The van der Waals surface area contributed by atoms with E-state index in [0.717, 1.165) is 25.8 Å². The number of ether oxygens (including phenoxy) is 2. The van der Waals surface area contributed by atoms with Gasteiger partial charge in [-0.2, -0.15) is 0 Å². The predicted molar refractivity (Wildman–Crippen MR) is 94.1 cm³/mol. The monoisotopic (exact) mass is 344 g/mol. The van der Waals surface area contributed by atoms with E-state index in [-0.39, 0.29) is 5.97 Å². The number of unbranched alkanes of at least 4 members (excludes halogenated alkanes) is 2. The van der Waals surface area contributed by atoms with E-state index in [1.54, 1.807) is 7.05 Å². The van der Waals surface area contributed by atoms with Gasteiger partial charge in [0.2, 0.25) is 0 Å². The molecule has 8 nitrogen and oxygen atoms in total. The fourth-order valence-corrected chi connectivity index (χ4v) is 1.76. The number of methoxy groups -OCH3 is 1. The smallest absolute Gasteiger partial charge is 0.407 e. The van der Waals surface area contributed by atoms with Gasteiger partial charge in [0.25, 0.3) is 0 Å². The second-order valence-electron chi connectivity index (χ2n) is 6.24. The SMILES string of the molecule is CN=C(NCCCCCC(=O)OC)NCCNC(=O)OC(C)(C)C. The van der Waals surface area contributed by atoms with E-state index in [4.69, 9.17) is 4.74 Å². The van der Waals surface area contributed by atoms with Crippen molar-refractivity contribution in [1.29, 1.82) is 0 Å². The zero-order valence-electron chi connectivity index (χ0n) is 15.5. The van der Waals surface area contributed by atoms with Crippen LogP contribution in [0.2, 0.25) is 0 Å². The Balaban J connectivity index is 3.67. The maximum absolute atomic E-state index is 11.5. The van der Waals surface area contributed by atoms with Crippen LogP contribution in [0.4, 0.5) is 4.79 Å². The number of nitrogens with one attached hydrogen (secondary N) is 3. The number of carbonyl (C=O) groups is 2. The van der Waals surface area contributed by atoms with Crippen molar-refractivity contribution in [1.82, 2.24) is 16.0 Å². The lowest BCUT2D eigenvalue weighted by atomic mass is 10.2. The van der Waals surface area contributed by atoms with Crippen LogP contribution in [0.5, 0.6) is 0 Å². The zero-order chi connectivity index (χ0) is 18.4. The summed E-state index contributed by atoms with van der Waals surface area (Å²) >= 11 is 0. The van der Waals surface area contributed by atoms with Crippen LogP contribution in [0.3, 0.4) is 0 Å². The van der Waals surface area contributed by atoms with Crippen molar-refractivity contribution in [3.63, 3.8) is 0 Å². The predicted octanol–water partition coefficient (Wildman–Crippen LogP) is 1.41. The van der Waals surface area contributed by atoms with Crippen molar-refractivity contribution in [3.05, 3.63) is 0 Å². The molecule has 0 radical (unpaired) electrons. The number of aliphatic imine (C=N–C) groups is 1. The zero-order valence-corrected chi connectivity index (χ0v) is 15.5. The molecular weight excluding hydrogens is 312 g/mol. The van der Waals surface area contributed by atoms with Gasteiger partial charge in [-0.1, -0.05) is 6.42 Å². The molecule has 0 aliphatic heterocycles. The summed E-state index contributed by atoms with van der Waals surface area (Å²) in [6.45, 7) is 7.21. The molecule has 140 valence electrons. The van der Waals surface area contributed by atoms with E-state index in [0.29, 0.717) is 25.5 Å². The summed E-state index contributed by atoms with van der Waals surface area (Å²) in [6, 6.07) is 0. The van der Waals surface area contributed by atoms with E-state index in [1.807, 2.05) is 20.8 Å². The molecule has 3 N–H and O–H groups in total. The molecule has 0 unspecified atom stereocenters. The molecule has 0 aromatic heterocycles. The number of nitrogens with zero attached hydrogens (tertiary/aromatic N) is 1. The highest BCUT2D eigenvalue weighted by Gasteiger charge is 2.15. The summed E-state index contributed by atoms with van der Waals surface area (Å²) in [5, 5.41) is 8.95. The molecule has 0 aromatic rings. The van der Waals surface area contributed by atoms with Gasteiger partial charge in [-0.3, -0.25) is 9.79 Å². The molecule has 24 heavy (non-hydrogen) atoms. The molecule has 0 aliphatic carbocycles. The number of alkyl carbamates (subject to hydrolysis) is 1. The fourth-order valence-electron chi connectivity index (χ4n) is 1.76. The number of amides is 1. The maximum atomic E-state index is 11.5. The molecule has 0 aliphatic rings. The van der Waals surface area contributed by atoms with Crippen LogP contribution in [-0.4, -0.2) is 57.4 Å². The molecule has 0 fully saturated rings. The van der Waals surface area contributed by atoms with Gasteiger partial charge in [0.1, 0.15) is 5.60 Å². The van der Waals surface area contributed by atoms with E-state index >= 15 is 0 Å². The van der Waals surface area contributed by atoms with Gasteiger partial charge in [0.05, 0.1) is 7.11 Å². The molecule has 0 saturated carbocycles. The second kappa shape index (κ2) is 12.4. The molecule has 0 aromatic carbocycles. The maximum Gasteiger partial charge on any atom is 0.407 e. The minimum atomic E-state index is -0.497. The number of hydrogen-bond acceptors (Lipinski definition) is 5. The van der Waals surface area contributed by atoms with Crippen LogP contribution >= 0.6 is 0 Å². The average molecular weight is 344 g/mol. The number of esters is 1. The first-order valence-corrected chi connectivity index (χ1v) is 8.26. The molecule has 0 saturated heterocycles. The first kappa shape index (κ1) is 22.0. The van der Waals surface area contributed by atoms with Crippen molar-refractivity contribution in [2.45, 2.75) is 52.1 Å². The highest BCUT2D eigenvalue weighted by Crippen LogP contribution is 2.05. The summed E-state index contributed by atoms with van der Waals surface area (Å²) in [5.41, 5.74) is -0.497. The molecule has 8 heteroatoms. The standard InChI is InChI=1S/C16H32N4O4/c1-16(2,3)24-15(22)20-12-11-19-14(17-4)18-10-8-6-7-9-13(21)23-5/h6-12H2,1-5H3,(H,20,22)(H2,17,18,19). The summed E-state index contributed by atoms with van der Waals surface area (Å²) in [7, 11) is 3.09. The lowest BCUT2D eigenvalue weighted by Crippen LogP contribution is -2.42. The van der Waals surface area contributed by atoms with Crippen LogP contribution < -0.4 is 16.0 Å². The highest BCUT2D eigenvalue weighted by molar-refractivity contribution is 5.79. The normalized spacial score (nSPS) is 11.6. The Bertz CT molecular complexity index is 405. The molecular formula is C16H32N4O4. The van der Waals surface area contributed by atoms with E-state index in [2.05, 4.69) is 25.7 Å². The first-order chi connectivity index (χ1) is 11.3. The second-order valence-corrected chi connectivity index (χ2v) is 6.24. The lowest BCUT2D eigenvalue weighted by Gasteiger charge is -2.19. The van der Waals surface area contributed by atoms with Gasteiger partial charge in [-0.25, -0.2) is 4.79 Å². The van der Waals surface area contributed by atoms with Crippen molar-refractivity contribution in [3.8, 4) is 0 Å². The van der Waals surface area contributed by atoms with Crippen LogP contribution in [0.25, 0.3) is 0 Å². The van der Waals surface area contributed by atoms with E-state index in [9.17, 15) is 9.59 Å². The highest BCUT2D eigenvalue weighted by atomic mass is 16.6. The first-order valence-electron chi connectivity index (χ1n) is 8.26. The summed E-state index contributed by atoms with van der Waals surface area (Å²) in [5.74, 6) is 0.506. The Kier molecular flexibility index (Phi) is 11.4. The van der Waals surface area contributed by atoms with Crippen molar-refractivity contribution in [2.75, 3.05) is 33.8 Å². The van der Waals surface area contributed by atoms with Crippen molar-refractivity contribution < 1.29 is 19.1 Å². The molecule has 0 heterocycles. The van der Waals surface area contributed by atoms with E-state index in [1.165, 1.54) is 7.11 Å². The minimum Gasteiger partial charge on any atom is -0.469 e. The van der Waals surface area contributed by atoms with Gasteiger partial charge < -0.3 is 25.4 Å². The average Bonchev–Trinajstić information content (AvgIpc) is 2.50. The molecule has 0 rings (SSSR count). The van der Waals surface area contributed by atoms with Crippen molar-refractivity contribution in [2.24, 2.45) is 4.99 Å². The number of guanidine groups is 1. The molecule has 1 amide bonds. The molecule has 0 atom stereocenters. The molecule has 0 bridgehead atoms. The van der Waals surface area contributed by atoms with Crippen LogP contribution in [0.15, 0.2) is 4.99 Å². The van der Waals surface area contributed by atoms with Crippen LogP contribution in [0.1, 0.15) is 46.5 Å². The quantitative estimate of drug-likeness (QED) is 0.253. The number of carbonyl (C=O) groups excluding carboxylic acids is 2. The van der Waals surface area contributed by atoms with Crippen molar-refractivity contribution >= 4 is 18.0 Å². The topological polar surface area (TPSA) is 101 Å². The Morgan fingerprint density at radius 1 is 0.958 bits per heavy atom. The largest absolute Gasteiger partial charge is 0.469 e. The summed E-state index contributed by atoms with van der Waals surface area (Å²) in [6.07, 6.45) is 2.73. The number of rotatable bonds is 9. The Morgan fingerprint density at radius 3 is 2.17 bits per heavy atom. The minimum absolute atomic E-state index is 0.169. The summed E-state index contributed by atoms with van der Waals surface area (Å²) < 4.78 is 9.73. The number of hydrogen-bond donors (Lipinski definition) is 3. The Hall–Kier alpha value is -1.99. The third kappa shape index (κ3) is 13.7. The third-order valence-corrected chi connectivity index (χ3v) is 2.89. The van der Waals surface area contributed by atoms with Gasteiger partial charge in [0, 0.05) is 33.1 Å². The van der Waals surface area contributed by atoms with Crippen LogP contribution in [0, 0.1) is 0 Å². The van der Waals surface area contributed by atoms with Crippen LogP contribution in [-0.2, 0) is 14.3 Å². The van der Waals surface area contributed by atoms with Gasteiger partial charge >= 0.3 is 12.1 Å². The lowest BCUT2D eigenvalue weighted by molar-refractivity contribution is -0.140. The van der Waals surface area contributed by atoms with Gasteiger partial charge in [0.15, 0.2) is 5.96 Å². The van der Waals surface area contributed by atoms with Gasteiger partial charge in [-0.05, 0) is 33.6 Å². The molecule has 0 spiro atoms. The Labute approximate surface area is 144 Å².